The van der Waals surface area contributed by atoms with Gasteiger partial charge in [-0.1, -0.05) is 31.2 Å². The second kappa shape index (κ2) is 3.08. The molecule has 2 aliphatic rings. The number of fused-ring (bicyclic) bond motifs is 4. The summed E-state index contributed by atoms with van der Waals surface area (Å²) in [5.41, 5.74) is 3.66. The van der Waals surface area contributed by atoms with Crippen LogP contribution in [0.4, 0.5) is 0 Å². The van der Waals surface area contributed by atoms with E-state index >= 15 is 0 Å². The molecule has 1 saturated heterocycles. The van der Waals surface area contributed by atoms with E-state index in [9.17, 15) is 0 Å². The fourth-order valence-electron chi connectivity index (χ4n) is 3.40. The number of likely N-dealkylation sites (N-methyl/N-ethyl adjacent to an activating group) is 1. The lowest BCUT2D eigenvalue weighted by molar-refractivity contribution is 0.113. The fraction of sp³-hybridized carbons (Fsp3) is 0.571. The van der Waals surface area contributed by atoms with Crippen molar-refractivity contribution >= 4 is 0 Å². The molecule has 1 fully saturated rings. The Labute approximate surface area is 92.1 Å². The van der Waals surface area contributed by atoms with E-state index in [2.05, 4.69) is 43.1 Å². The highest BCUT2D eigenvalue weighted by Gasteiger charge is 2.41. The molecule has 0 aromatic heterocycles. The average Bonchev–Trinajstić information content (AvgIpc) is 2.25. The van der Waals surface area contributed by atoms with Gasteiger partial charge in [0.25, 0.3) is 0 Å². The van der Waals surface area contributed by atoms with Crippen LogP contribution in [-0.2, 0) is 11.8 Å². The van der Waals surface area contributed by atoms with Crippen molar-refractivity contribution in [1.29, 1.82) is 0 Å². The largest absolute Gasteiger partial charge is 0.303 e. The molecule has 0 radical (unpaired) electrons. The summed E-state index contributed by atoms with van der Waals surface area (Å²) in [7, 11) is 2.28. The third-order valence-electron chi connectivity index (χ3n) is 4.45. The van der Waals surface area contributed by atoms with Gasteiger partial charge in [0.2, 0.25) is 0 Å². The second-order valence-electron chi connectivity index (χ2n) is 5.51. The summed E-state index contributed by atoms with van der Waals surface area (Å²) in [6, 6.07) is 9.82. The molecule has 15 heavy (non-hydrogen) atoms. The lowest BCUT2D eigenvalue weighted by Crippen LogP contribution is -2.50. The highest BCUT2D eigenvalue weighted by Crippen LogP contribution is 2.43. The molecule has 0 saturated carbocycles. The molecule has 1 aromatic rings. The fourth-order valence-corrected chi connectivity index (χ4v) is 3.40. The smallest absolute Gasteiger partial charge is 0.0141 e. The zero-order valence-corrected chi connectivity index (χ0v) is 9.66. The standard InChI is InChI=1S/C14H19N/c1-14-7-8-15(2)12(10-14)9-11-5-3-4-6-13(11)14/h3-6,12H,7-10H2,1-2H3/t12?,14-/m0/s1. The summed E-state index contributed by atoms with van der Waals surface area (Å²) in [6.45, 7) is 3.71. The van der Waals surface area contributed by atoms with Gasteiger partial charge in [-0.15, -0.1) is 0 Å². The minimum absolute atomic E-state index is 0.450. The second-order valence-corrected chi connectivity index (χ2v) is 5.51. The minimum Gasteiger partial charge on any atom is -0.303 e. The number of hydrogen-bond donors (Lipinski definition) is 0. The Morgan fingerprint density at radius 2 is 2.13 bits per heavy atom. The molecular formula is C14H19N. The van der Waals surface area contributed by atoms with E-state index < -0.39 is 0 Å². The van der Waals surface area contributed by atoms with Crippen molar-refractivity contribution in [3.05, 3.63) is 35.4 Å². The highest BCUT2D eigenvalue weighted by molar-refractivity contribution is 5.38. The predicted octanol–water partition coefficient (Wildman–Crippen LogP) is 2.59. The summed E-state index contributed by atoms with van der Waals surface area (Å²) in [6.07, 6.45) is 3.92. The molecular weight excluding hydrogens is 182 g/mol. The van der Waals surface area contributed by atoms with Crippen LogP contribution in [0.5, 0.6) is 0 Å². The topological polar surface area (TPSA) is 3.24 Å². The van der Waals surface area contributed by atoms with E-state index in [1.165, 1.54) is 25.8 Å². The number of likely N-dealkylation sites (tertiary alicyclic amines) is 1. The van der Waals surface area contributed by atoms with Gasteiger partial charge in [-0.05, 0) is 49.4 Å². The summed E-state index contributed by atoms with van der Waals surface area (Å²) in [5, 5.41) is 0. The Bertz CT molecular complexity index is 385. The SMILES string of the molecule is CN1CC[C@@]2(C)CC1Cc1ccccc12. The number of rotatable bonds is 0. The number of benzene rings is 1. The van der Waals surface area contributed by atoms with E-state index in [4.69, 9.17) is 0 Å². The van der Waals surface area contributed by atoms with Crippen molar-refractivity contribution in [3.63, 3.8) is 0 Å². The van der Waals surface area contributed by atoms with Crippen molar-refractivity contribution in [2.45, 2.75) is 37.6 Å². The van der Waals surface area contributed by atoms with Crippen molar-refractivity contribution < 1.29 is 0 Å². The van der Waals surface area contributed by atoms with Gasteiger partial charge in [-0.3, -0.25) is 0 Å². The van der Waals surface area contributed by atoms with Crippen LogP contribution in [0.15, 0.2) is 24.3 Å². The van der Waals surface area contributed by atoms with Gasteiger partial charge < -0.3 is 4.90 Å². The van der Waals surface area contributed by atoms with Gasteiger partial charge >= 0.3 is 0 Å². The Morgan fingerprint density at radius 3 is 3.00 bits per heavy atom. The zero-order valence-electron chi connectivity index (χ0n) is 9.66. The molecule has 1 aromatic carbocycles. The molecule has 80 valence electrons. The number of nitrogens with zero attached hydrogens (tertiary/aromatic N) is 1. The van der Waals surface area contributed by atoms with E-state index in [1.807, 2.05) is 0 Å². The van der Waals surface area contributed by atoms with Gasteiger partial charge in [0, 0.05) is 6.04 Å². The van der Waals surface area contributed by atoms with E-state index in [-0.39, 0.29) is 0 Å². The maximum absolute atomic E-state index is 2.54. The van der Waals surface area contributed by atoms with Gasteiger partial charge in [0.15, 0.2) is 0 Å². The van der Waals surface area contributed by atoms with Crippen LogP contribution in [0.1, 0.15) is 30.9 Å². The first kappa shape index (κ1) is 9.41. The van der Waals surface area contributed by atoms with Crippen LogP contribution >= 0.6 is 0 Å². The Morgan fingerprint density at radius 1 is 1.33 bits per heavy atom. The summed E-state index contributed by atoms with van der Waals surface area (Å²) in [4.78, 5) is 2.54. The van der Waals surface area contributed by atoms with E-state index in [0.29, 0.717) is 5.41 Å². The first-order valence-electron chi connectivity index (χ1n) is 5.98. The molecule has 2 atom stereocenters. The lowest BCUT2D eigenvalue weighted by atomic mass is 9.65. The van der Waals surface area contributed by atoms with Crippen LogP contribution in [0.3, 0.4) is 0 Å². The molecule has 1 heterocycles. The van der Waals surface area contributed by atoms with Crippen molar-refractivity contribution in [2.24, 2.45) is 0 Å². The van der Waals surface area contributed by atoms with Crippen LogP contribution in [0.25, 0.3) is 0 Å². The van der Waals surface area contributed by atoms with Crippen LogP contribution in [0.2, 0.25) is 0 Å². The molecule has 3 rings (SSSR count). The first-order valence-corrected chi connectivity index (χ1v) is 5.98. The first-order chi connectivity index (χ1) is 7.19. The summed E-state index contributed by atoms with van der Waals surface area (Å²) >= 11 is 0. The molecule has 1 heteroatoms. The molecule has 1 unspecified atom stereocenters. The van der Waals surface area contributed by atoms with Gasteiger partial charge in [0.1, 0.15) is 0 Å². The third kappa shape index (κ3) is 1.33. The Kier molecular flexibility index (Phi) is 1.93. The third-order valence-corrected chi connectivity index (χ3v) is 4.45. The Balaban J connectivity index is 2.10. The van der Waals surface area contributed by atoms with Crippen molar-refractivity contribution in [3.8, 4) is 0 Å². The van der Waals surface area contributed by atoms with Crippen LogP contribution < -0.4 is 0 Å². The molecule has 0 spiro atoms. The minimum atomic E-state index is 0.450. The number of piperidine rings is 1. The average molecular weight is 201 g/mol. The van der Waals surface area contributed by atoms with Gasteiger partial charge in [-0.2, -0.15) is 0 Å². The highest BCUT2D eigenvalue weighted by atomic mass is 15.1. The van der Waals surface area contributed by atoms with Gasteiger partial charge in [-0.25, -0.2) is 0 Å². The molecule has 1 nitrogen and oxygen atoms in total. The normalized spacial score (nSPS) is 34.9. The van der Waals surface area contributed by atoms with Crippen molar-refractivity contribution in [2.75, 3.05) is 13.6 Å². The van der Waals surface area contributed by atoms with Gasteiger partial charge in [0.05, 0.1) is 0 Å². The molecule has 2 bridgehead atoms. The molecule has 1 aliphatic heterocycles. The maximum Gasteiger partial charge on any atom is 0.0141 e. The zero-order chi connectivity index (χ0) is 10.5. The van der Waals surface area contributed by atoms with E-state index in [1.54, 1.807) is 11.1 Å². The van der Waals surface area contributed by atoms with Crippen LogP contribution in [-0.4, -0.2) is 24.5 Å². The monoisotopic (exact) mass is 201 g/mol. The summed E-state index contributed by atoms with van der Waals surface area (Å²) < 4.78 is 0. The Hall–Kier alpha value is -0.820. The van der Waals surface area contributed by atoms with Crippen LogP contribution in [0, 0.1) is 0 Å². The lowest BCUT2D eigenvalue weighted by Gasteiger charge is -2.48. The predicted molar refractivity (Wildman–Crippen MR) is 63.2 cm³/mol. The molecule has 0 N–H and O–H groups in total. The quantitative estimate of drug-likeness (QED) is 0.623. The molecule has 1 aliphatic carbocycles. The van der Waals surface area contributed by atoms with Crippen molar-refractivity contribution in [1.82, 2.24) is 4.90 Å². The number of hydrogen-bond acceptors (Lipinski definition) is 1. The summed E-state index contributed by atoms with van der Waals surface area (Å²) in [5.74, 6) is 0. The molecule has 0 amide bonds. The maximum atomic E-state index is 2.54. The van der Waals surface area contributed by atoms with E-state index in [0.717, 1.165) is 6.04 Å².